The van der Waals surface area contributed by atoms with Gasteiger partial charge in [-0.25, -0.2) is 0 Å². The van der Waals surface area contributed by atoms with E-state index in [-0.39, 0.29) is 0 Å². The van der Waals surface area contributed by atoms with Crippen molar-refractivity contribution in [3.63, 3.8) is 0 Å². The second-order valence-electron chi connectivity index (χ2n) is 3.26. The number of hydrogen-bond acceptors (Lipinski definition) is 0. The molecule has 42 valence electrons. The molecule has 1 heteroatoms. The van der Waals surface area contributed by atoms with Crippen molar-refractivity contribution in [2.75, 3.05) is 0 Å². The molecule has 0 bridgehead atoms. The van der Waals surface area contributed by atoms with Crippen molar-refractivity contribution in [1.82, 2.24) is 0 Å². The molecule has 0 aromatic heterocycles. The molecule has 1 unspecified atom stereocenters. The van der Waals surface area contributed by atoms with E-state index in [1.54, 1.807) is 5.47 Å². The topological polar surface area (TPSA) is 0 Å². The van der Waals surface area contributed by atoms with E-state index < -0.39 is 0 Å². The quantitative estimate of drug-likeness (QED) is 0.414. The van der Waals surface area contributed by atoms with Crippen LogP contribution in [0.4, 0.5) is 0 Å². The SMILES string of the molecule is CC1CB2CC=C2C1. The van der Waals surface area contributed by atoms with Crippen molar-refractivity contribution in [3.8, 4) is 0 Å². The molecule has 1 fully saturated rings. The molecule has 1 saturated heterocycles. The molecular weight excluding hydrogens is 94.9 g/mol. The van der Waals surface area contributed by atoms with E-state index in [0.29, 0.717) is 0 Å². The van der Waals surface area contributed by atoms with Crippen molar-refractivity contribution in [3.05, 3.63) is 11.5 Å². The molecule has 2 heterocycles. The molecule has 0 radical (unpaired) electrons. The lowest BCUT2D eigenvalue weighted by Gasteiger charge is -2.14. The standard InChI is InChI=1S/C7H11B/c1-6-4-7-2-3-8(7)5-6/h2,6H,3-5H2,1H3. The van der Waals surface area contributed by atoms with Crippen LogP contribution in [0.2, 0.25) is 12.6 Å². The number of hydrogen-bond donors (Lipinski definition) is 0. The fraction of sp³-hybridized carbons (Fsp3) is 0.714. The van der Waals surface area contributed by atoms with Gasteiger partial charge in [0.25, 0.3) is 0 Å². The first-order chi connectivity index (χ1) is 3.86. The van der Waals surface area contributed by atoms with E-state index in [2.05, 4.69) is 13.0 Å². The van der Waals surface area contributed by atoms with Gasteiger partial charge in [0.2, 0.25) is 0 Å². The van der Waals surface area contributed by atoms with E-state index >= 15 is 0 Å². The molecule has 2 aliphatic heterocycles. The first-order valence-electron chi connectivity index (χ1n) is 3.55. The van der Waals surface area contributed by atoms with Crippen LogP contribution in [0.15, 0.2) is 11.5 Å². The van der Waals surface area contributed by atoms with Crippen LogP contribution < -0.4 is 0 Å². The van der Waals surface area contributed by atoms with Crippen molar-refractivity contribution < 1.29 is 0 Å². The van der Waals surface area contributed by atoms with Crippen molar-refractivity contribution in [2.24, 2.45) is 5.92 Å². The predicted octanol–water partition coefficient (Wildman–Crippen LogP) is 2.00. The van der Waals surface area contributed by atoms with Crippen LogP contribution in [-0.2, 0) is 0 Å². The number of rotatable bonds is 0. The van der Waals surface area contributed by atoms with E-state index in [0.717, 1.165) is 12.6 Å². The molecule has 0 amide bonds. The molecule has 8 heavy (non-hydrogen) atoms. The van der Waals surface area contributed by atoms with E-state index in [1.165, 1.54) is 19.1 Å². The summed E-state index contributed by atoms with van der Waals surface area (Å²) in [5, 5.41) is 0. The second kappa shape index (κ2) is 1.40. The van der Waals surface area contributed by atoms with Crippen molar-refractivity contribution >= 4 is 6.71 Å². The van der Waals surface area contributed by atoms with Gasteiger partial charge in [-0.2, -0.15) is 0 Å². The molecule has 0 saturated carbocycles. The molecule has 0 aromatic carbocycles. The molecule has 0 aliphatic carbocycles. The van der Waals surface area contributed by atoms with Gasteiger partial charge >= 0.3 is 0 Å². The van der Waals surface area contributed by atoms with Gasteiger partial charge in [0, 0.05) is 0 Å². The minimum Gasteiger partial charge on any atom is -0.105 e. The lowest BCUT2D eigenvalue weighted by atomic mass is 9.36. The summed E-state index contributed by atoms with van der Waals surface area (Å²) < 4.78 is 0. The summed E-state index contributed by atoms with van der Waals surface area (Å²) in [6, 6.07) is 0. The summed E-state index contributed by atoms with van der Waals surface area (Å²) in [4.78, 5) is 0. The highest BCUT2D eigenvalue weighted by atomic mass is 14.2. The Morgan fingerprint density at radius 2 is 2.62 bits per heavy atom. The molecule has 2 aliphatic rings. The Hall–Kier alpha value is -0.195. The first kappa shape index (κ1) is 4.66. The van der Waals surface area contributed by atoms with Gasteiger partial charge in [-0.15, -0.1) is 11.5 Å². The molecule has 0 spiro atoms. The Morgan fingerprint density at radius 1 is 1.75 bits per heavy atom. The van der Waals surface area contributed by atoms with Crippen LogP contribution in [0.25, 0.3) is 0 Å². The minimum atomic E-state index is 0.994. The Kier molecular flexibility index (Phi) is 0.815. The van der Waals surface area contributed by atoms with Gasteiger partial charge in [0.15, 0.2) is 6.71 Å². The Morgan fingerprint density at radius 3 is 2.88 bits per heavy atom. The lowest BCUT2D eigenvalue weighted by molar-refractivity contribution is 0.682. The van der Waals surface area contributed by atoms with Gasteiger partial charge in [-0.3, -0.25) is 0 Å². The molecular formula is C7H11B. The van der Waals surface area contributed by atoms with E-state index in [1.807, 2.05) is 0 Å². The zero-order chi connectivity index (χ0) is 5.56. The summed E-state index contributed by atoms with van der Waals surface area (Å²) in [5.41, 5.74) is 1.76. The van der Waals surface area contributed by atoms with Gasteiger partial charge < -0.3 is 0 Å². The minimum absolute atomic E-state index is 0.994. The molecule has 0 nitrogen and oxygen atoms in total. The zero-order valence-electron chi connectivity index (χ0n) is 5.35. The van der Waals surface area contributed by atoms with Crippen molar-refractivity contribution in [2.45, 2.75) is 26.0 Å². The average Bonchev–Trinajstić information content (AvgIpc) is 1.91. The summed E-state index contributed by atoms with van der Waals surface area (Å²) in [6.07, 6.45) is 6.68. The smallest absolute Gasteiger partial charge is 0.105 e. The summed E-state index contributed by atoms with van der Waals surface area (Å²) in [5.74, 6) is 0.994. The fourth-order valence-corrected chi connectivity index (χ4v) is 1.92. The monoisotopic (exact) mass is 106 g/mol. The maximum absolute atomic E-state index is 2.41. The zero-order valence-corrected chi connectivity index (χ0v) is 5.35. The molecule has 1 atom stereocenters. The first-order valence-corrected chi connectivity index (χ1v) is 3.55. The summed E-state index contributed by atoms with van der Waals surface area (Å²) in [7, 11) is 0. The lowest BCUT2D eigenvalue weighted by Crippen LogP contribution is -2.16. The Balaban J connectivity index is 2.15. The highest BCUT2D eigenvalue weighted by Crippen LogP contribution is 2.38. The maximum atomic E-state index is 2.41. The number of fused-ring (bicyclic) bond motifs is 1. The van der Waals surface area contributed by atoms with Crippen molar-refractivity contribution in [1.29, 1.82) is 0 Å². The van der Waals surface area contributed by atoms with Crippen LogP contribution in [0.5, 0.6) is 0 Å². The van der Waals surface area contributed by atoms with Gasteiger partial charge in [0.05, 0.1) is 0 Å². The highest BCUT2D eigenvalue weighted by Gasteiger charge is 2.33. The summed E-state index contributed by atoms with van der Waals surface area (Å²) in [6.45, 7) is 3.39. The molecule has 0 N–H and O–H groups in total. The van der Waals surface area contributed by atoms with E-state index in [4.69, 9.17) is 0 Å². The van der Waals surface area contributed by atoms with Gasteiger partial charge in [0.1, 0.15) is 0 Å². The predicted molar refractivity (Wildman–Crippen MR) is 37.2 cm³/mol. The number of allylic oxidation sites excluding steroid dienone is 2. The largest absolute Gasteiger partial charge is 0.174 e. The fourth-order valence-electron chi connectivity index (χ4n) is 1.92. The van der Waals surface area contributed by atoms with Crippen LogP contribution in [0.1, 0.15) is 13.3 Å². The average molecular weight is 106 g/mol. The normalized spacial score (nSPS) is 33.9. The molecule has 2 rings (SSSR count). The highest BCUT2D eigenvalue weighted by molar-refractivity contribution is 6.71. The van der Waals surface area contributed by atoms with Crippen LogP contribution in [-0.4, -0.2) is 6.71 Å². The Labute approximate surface area is 51.1 Å². The van der Waals surface area contributed by atoms with Crippen LogP contribution in [0, 0.1) is 5.92 Å². The van der Waals surface area contributed by atoms with Gasteiger partial charge in [-0.1, -0.05) is 19.6 Å². The van der Waals surface area contributed by atoms with Gasteiger partial charge in [-0.05, 0) is 12.3 Å². The third-order valence-corrected chi connectivity index (χ3v) is 2.46. The van der Waals surface area contributed by atoms with Crippen LogP contribution >= 0.6 is 0 Å². The Bertz CT molecular complexity index is 137. The third kappa shape index (κ3) is 0.475. The maximum Gasteiger partial charge on any atom is 0.174 e. The summed E-state index contributed by atoms with van der Waals surface area (Å²) >= 11 is 0. The third-order valence-electron chi connectivity index (χ3n) is 2.46. The van der Waals surface area contributed by atoms with E-state index in [9.17, 15) is 0 Å². The molecule has 0 aromatic rings. The second-order valence-corrected chi connectivity index (χ2v) is 3.26. The van der Waals surface area contributed by atoms with Crippen LogP contribution in [0.3, 0.4) is 0 Å².